The van der Waals surface area contributed by atoms with Gasteiger partial charge in [-0.25, -0.2) is 0 Å². The number of aromatic nitrogens is 1. The number of nitrogens with zero attached hydrogens (tertiary/aromatic N) is 2. The van der Waals surface area contributed by atoms with Gasteiger partial charge < -0.3 is 19.5 Å². The van der Waals surface area contributed by atoms with Crippen molar-refractivity contribution < 1.29 is 14.3 Å². The molecule has 0 spiro atoms. The van der Waals surface area contributed by atoms with E-state index in [1.165, 1.54) is 0 Å². The van der Waals surface area contributed by atoms with Crippen LogP contribution in [-0.2, 0) is 11.3 Å². The predicted molar refractivity (Wildman–Crippen MR) is 141 cm³/mol. The molecule has 0 unspecified atom stereocenters. The van der Waals surface area contributed by atoms with Crippen LogP contribution >= 0.6 is 15.9 Å². The highest BCUT2D eigenvalue weighted by Gasteiger charge is 2.37. The summed E-state index contributed by atoms with van der Waals surface area (Å²) in [5.41, 5.74) is 2.37. The maximum Gasteiger partial charge on any atom is 0.270 e. The third-order valence-corrected chi connectivity index (χ3v) is 7.48. The van der Waals surface area contributed by atoms with E-state index in [1.54, 1.807) is 48.4 Å². The third-order valence-electron chi connectivity index (χ3n) is 6.79. The van der Waals surface area contributed by atoms with E-state index in [0.29, 0.717) is 35.4 Å². The Morgan fingerprint density at radius 2 is 1.78 bits per heavy atom. The maximum atomic E-state index is 13.8. The van der Waals surface area contributed by atoms with E-state index >= 15 is 0 Å². The number of pyridine rings is 1. The minimum Gasteiger partial charge on any atom is -0.497 e. The fourth-order valence-corrected chi connectivity index (χ4v) is 5.55. The normalized spacial score (nSPS) is 18.8. The molecule has 2 amide bonds. The molecule has 2 atom stereocenters. The Balaban J connectivity index is 1.45. The molecule has 8 heteroatoms. The molecule has 3 aromatic rings. The lowest BCUT2D eigenvalue weighted by Gasteiger charge is -2.43. The average molecular weight is 548 g/mol. The summed E-state index contributed by atoms with van der Waals surface area (Å²) in [5, 5.41) is 2.86. The zero-order valence-electron chi connectivity index (χ0n) is 19.8. The van der Waals surface area contributed by atoms with Gasteiger partial charge in [0.15, 0.2) is 0 Å². The van der Waals surface area contributed by atoms with Gasteiger partial charge in [0, 0.05) is 41.8 Å². The number of halogens is 1. The molecule has 2 aliphatic rings. The first kappa shape index (κ1) is 24.1. The van der Waals surface area contributed by atoms with Gasteiger partial charge in [-0.05, 0) is 70.2 Å². The molecule has 36 heavy (non-hydrogen) atoms. The number of benzene rings is 2. The Kier molecular flexibility index (Phi) is 6.78. The van der Waals surface area contributed by atoms with E-state index < -0.39 is 0 Å². The zero-order valence-corrected chi connectivity index (χ0v) is 21.4. The summed E-state index contributed by atoms with van der Waals surface area (Å²) in [4.78, 5) is 41.1. The van der Waals surface area contributed by atoms with Crippen molar-refractivity contribution in [2.24, 2.45) is 5.92 Å². The van der Waals surface area contributed by atoms with Gasteiger partial charge in [0.25, 0.3) is 17.4 Å². The molecule has 2 aliphatic heterocycles. The summed E-state index contributed by atoms with van der Waals surface area (Å²) in [6.07, 6.45) is 2.63. The first-order chi connectivity index (χ1) is 17.4. The molecule has 3 heterocycles. The summed E-state index contributed by atoms with van der Waals surface area (Å²) in [6, 6.07) is 19.7. The second-order valence-corrected chi connectivity index (χ2v) is 10.0. The van der Waals surface area contributed by atoms with Crippen LogP contribution in [0.5, 0.6) is 5.75 Å². The maximum absolute atomic E-state index is 13.8. The van der Waals surface area contributed by atoms with Crippen LogP contribution < -0.4 is 15.6 Å². The molecule has 0 radical (unpaired) electrons. The fourth-order valence-electron chi connectivity index (χ4n) is 5.09. The molecule has 1 saturated heterocycles. The first-order valence-corrected chi connectivity index (χ1v) is 12.6. The Labute approximate surface area is 217 Å². The van der Waals surface area contributed by atoms with Crippen molar-refractivity contribution in [3.8, 4) is 5.75 Å². The molecule has 2 bridgehead atoms. The summed E-state index contributed by atoms with van der Waals surface area (Å²) in [6.45, 7) is 1.61. The number of fused-ring (bicyclic) bond motifs is 4. The van der Waals surface area contributed by atoms with Gasteiger partial charge >= 0.3 is 0 Å². The molecule has 2 aromatic carbocycles. The van der Waals surface area contributed by atoms with Gasteiger partial charge in [0.2, 0.25) is 0 Å². The Morgan fingerprint density at radius 3 is 2.53 bits per heavy atom. The van der Waals surface area contributed by atoms with Crippen LogP contribution in [0.25, 0.3) is 6.08 Å². The lowest BCUT2D eigenvalue weighted by molar-refractivity contribution is -0.130. The number of ether oxygens (including phenoxy) is 1. The summed E-state index contributed by atoms with van der Waals surface area (Å²) >= 11 is 3.42. The van der Waals surface area contributed by atoms with Crippen molar-refractivity contribution in [1.82, 2.24) is 14.8 Å². The van der Waals surface area contributed by atoms with Crippen LogP contribution in [0.3, 0.4) is 0 Å². The van der Waals surface area contributed by atoms with Crippen LogP contribution in [0.15, 0.2) is 81.7 Å². The Hall–Kier alpha value is -3.65. The molecular formula is C28H26BrN3O4. The lowest BCUT2D eigenvalue weighted by atomic mass is 9.83. The number of methoxy groups -OCH3 is 1. The van der Waals surface area contributed by atoms with Crippen molar-refractivity contribution >= 4 is 33.8 Å². The number of piperidine rings is 1. The van der Waals surface area contributed by atoms with E-state index in [0.717, 1.165) is 17.7 Å². The first-order valence-electron chi connectivity index (χ1n) is 11.8. The van der Waals surface area contributed by atoms with Crippen molar-refractivity contribution in [3.05, 3.63) is 104 Å². The highest BCUT2D eigenvalue weighted by molar-refractivity contribution is 9.10. The quantitative estimate of drug-likeness (QED) is 0.489. The van der Waals surface area contributed by atoms with Crippen LogP contribution in [0.4, 0.5) is 0 Å². The number of rotatable bonds is 5. The van der Waals surface area contributed by atoms with E-state index in [1.807, 2.05) is 41.0 Å². The SMILES string of the molecule is COc1ccc(/C=C(\NC(=O)c2ccccc2Br)C(=O)N2C[C@H]3C[C@H](C2)c2cccc(=O)n2C3)cc1. The monoisotopic (exact) mass is 547 g/mol. The summed E-state index contributed by atoms with van der Waals surface area (Å²) in [5.74, 6) is 0.352. The second kappa shape index (κ2) is 10.1. The van der Waals surface area contributed by atoms with Crippen LogP contribution in [0.1, 0.15) is 34.0 Å². The molecule has 0 aliphatic carbocycles. The largest absolute Gasteiger partial charge is 0.497 e. The minimum absolute atomic E-state index is 0.00256. The standard InChI is InChI=1S/C28H26BrN3O4/c1-36-21-11-9-18(10-12-21)14-24(30-27(34)22-5-2-3-6-23(22)29)28(35)31-15-19-13-20(17-31)25-7-4-8-26(33)32(25)16-19/h2-12,14,19-20H,13,15-17H2,1H3,(H,30,34)/b24-14-/t19-,20-/m1/s1. The number of hydrogen-bond donors (Lipinski definition) is 1. The number of amides is 2. The number of likely N-dealkylation sites (tertiary alicyclic amines) is 1. The van der Waals surface area contributed by atoms with E-state index in [-0.39, 0.29) is 34.9 Å². The van der Waals surface area contributed by atoms with E-state index in [9.17, 15) is 14.4 Å². The summed E-state index contributed by atoms with van der Waals surface area (Å²) in [7, 11) is 1.59. The molecular weight excluding hydrogens is 522 g/mol. The van der Waals surface area contributed by atoms with Crippen LogP contribution in [-0.4, -0.2) is 41.5 Å². The molecule has 0 saturated carbocycles. The van der Waals surface area contributed by atoms with Crippen LogP contribution in [0.2, 0.25) is 0 Å². The van der Waals surface area contributed by atoms with Crippen molar-refractivity contribution in [2.45, 2.75) is 18.9 Å². The topological polar surface area (TPSA) is 80.6 Å². The number of hydrogen-bond acceptors (Lipinski definition) is 4. The molecule has 1 fully saturated rings. The minimum atomic E-state index is -0.371. The van der Waals surface area contributed by atoms with Crippen molar-refractivity contribution in [1.29, 1.82) is 0 Å². The van der Waals surface area contributed by atoms with Gasteiger partial charge in [-0.1, -0.05) is 30.3 Å². The number of carbonyl (C=O) groups excluding carboxylic acids is 2. The third kappa shape index (κ3) is 4.86. The van der Waals surface area contributed by atoms with E-state index in [2.05, 4.69) is 21.2 Å². The second-order valence-electron chi connectivity index (χ2n) is 9.17. The van der Waals surface area contributed by atoms with Gasteiger partial charge in [-0.2, -0.15) is 0 Å². The lowest BCUT2D eigenvalue weighted by Crippen LogP contribution is -2.50. The Morgan fingerprint density at radius 1 is 1.00 bits per heavy atom. The van der Waals surface area contributed by atoms with Gasteiger partial charge in [-0.3, -0.25) is 14.4 Å². The van der Waals surface area contributed by atoms with Gasteiger partial charge in [-0.15, -0.1) is 0 Å². The van der Waals surface area contributed by atoms with Crippen molar-refractivity contribution in [3.63, 3.8) is 0 Å². The zero-order chi connectivity index (χ0) is 25.2. The molecule has 184 valence electrons. The molecule has 7 nitrogen and oxygen atoms in total. The number of carbonyl (C=O) groups is 2. The van der Waals surface area contributed by atoms with E-state index in [4.69, 9.17) is 4.74 Å². The smallest absolute Gasteiger partial charge is 0.270 e. The van der Waals surface area contributed by atoms with Gasteiger partial charge in [0.1, 0.15) is 11.4 Å². The highest BCUT2D eigenvalue weighted by Crippen LogP contribution is 2.35. The summed E-state index contributed by atoms with van der Waals surface area (Å²) < 4.78 is 7.72. The van der Waals surface area contributed by atoms with Crippen LogP contribution in [0, 0.1) is 5.92 Å². The highest BCUT2D eigenvalue weighted by atomic mass is 79.9. The average Bonchev–Trinajstić information content (AvgIpc) is 2.89. The molecule has 1 aromatic heterocycles. The molecule has 1 N–H and O–H groups in total. The number of nitrogens with one attached hydrogen (secondary N) is 1. The van der Waals surface area contributed by atoms with Crippen molar-refractivity contribution in [2.75, 3.05) is 20.2 Å². The molecule has 5 rings (SSSR count). The Bertz CT molecular complexity index is 1400. The predicted octanol–water partition coefficient (Wildman–Crippen LogP) is 4.04. The van der Waals surface area contributed by atoms with Gasteiger partial charge in [0.05, 0.1) is 12.7 Å². The fraction of sp³-hybridized carbons (Fsp3) is 0.250.